The SMILES string of the molecule is CCC(C)(C)N(C(=O)C(CCC(N)=O)NC(=O)OC(C)(C)C)C(C(=O)NC(Cc1ccccc1)C(=O)OC(C)(C)C)c1ccc(C)c(C)c1. The summed E-state index contributed by atoms with van der Waals surface area (Å²) >= 11 is 0. The summed E-state index contributed by atoms with van der Waals surface area (Å²) in [5, 5.41) is 5.54. The highest BCUT2D eigenvalue weighted by atomic mass is 16.6. The summed E-state index contributed by atoms with van der Waals surface area (Å²) in [6.45, 7) is 19.7. The molecule has 3 unspecified atom stereocenters. The molecule has 0 spiro atoms. The Balaban J connectivity index is 2.75. The first-order chi connectivity index (χ1) is 22.5. The number of nitrogens with one attached hydrogen (secondary N) is 2. The Labute approximate surface area is 291 Å². The first-order valence-corrected chi connectivity index (χ1v) is 16.8. The molecular weight excluding hydrogens is 624 g/mol. The van der Waals surface area contributed by atoms with Crippen LogP contribution in [0.2, 0.25) is 0 Å². The van der Waals surface area contributed by atoms with Crippen LogP contribution in [0.4, 0.5) is 4.79 Å². The molecule has 0 aliphatic rings. The average molecular weight is 681 g/mol. The van der Waals surface area contributed by atoms with Crippen LogP contribution < -0.4 is 16.4 Å². The Morgan fingerprint density at radius 2 is 1.39 bits per heavy atom. The Morgan fingerprint density at radius 3 is 1.90 bits per heavy atom. The molecule has 4 amide bonds. The minimum atomic E-state index is -1.26. The maximum Gasteiger partial charge on any atom is 0.408 e. The third kappa shape index (κ3) is 12.9. The fraction of sp³-hybridized carbons (Fsp3) is 0.553. The zero-order chi connectivity index (χ0) is 37.3. The second kappa shape index (κ2) is 16.8. The molecule has 11 nitrogen and oxygen atoms in total. The van der Waals surface area contributed by atoms with Crippen molar-refractivity contribution in [2.45, 2.75) is 137 Å². The number of nitrogens with zero attached hydrogens (tertiary/aromatic N) is 1. The quantitative estimate of drug-likeness (QED) is 0.220. The molecule has 4 N–H and O–H groups in total. The standard InChI is InChI=1S/C38H56N4O7/c1-12-38(10,11)42(33(45)28(20-21-30(39)43)41-35(47)49-37(7,8)9)31(27-19-18-24(2)25(3)22-27)32(44)40-29(34(46)48-36(4,5)6)23-26-16-14-13-15-17-26/h13-19,22,28-29,31H,12,20-21,23H2,1-11H3,(H2,39,43)(H,40,44)(H,41,47). The third-order valence-corrected chi connectivity index (χ3v) is 8.07. The van der Waals surface area contributed by atoms with Crippen LogP contribution in [-0.2, 0) is 35.1 Å². The average Bonchev–Trinajstić information content (AvgIpc) is 2.97. The van der Waals surface area contributed by atoms with Crippen LogP contribution in [0.3, 0.4) is 0 Å². The van der Waals surface area contributed by atoms with Crippen molar-refractivity contribution >= 4 is 29.8 Å². The lowest BCUT2D eigenvalue weighted by Crippen LogP contribution is -2.60. The van der Waals surface area contributed by atoms with Gasteiger partial charge in [-0.25, -0.2) is 9.59 Å². The minimum absolute atomic E-state index is 0.125. The van der Waals surface area contributed by atoms with Gasteiger partial charge < -0.3 is 30.7 Å². The third-order valence-electron chi connectivity index (χ3n) is 8.07. The number of carbonyl (C=O) groups excluding carboxylic acids is 5. The molecule has 0 aliphatic carbocycles. The number of rotatable bonds is 14. The number of aryl methyl sites for hydroxylation is 2. The normalized spacial score (nSPS) is 13.8. The van der Waals surface area contributed by atoms with E-state index < -0.39 is 64.7 Å². The zero-order valence-corrected chi connectivity index (χ0v) is 31.1. The lowest BCUT2D eigenvalue weighted by molar-refractivity contribution is -0.159. The van der Waals surface area contributed by atoms with Crippen molar-refractivity contribution in [3.05, 3.63) is 70.8 Å². The Hall–Kier alpha value is -4.41. The van der Waals surface area contributed by atoms with Crippen LogP contribution >= 0.6 is 0 Å². The van der Waals surface area contributed by atoms with Gasteiger partial charge in [-0.3, -0.25) is 14.4 Å². The Morgan fingerprint density at radius 1 is 0.796 bits per heavy atom. The number of carbonyl (C=O) groups is 5. The van der Waals surface area contributed by atoms with Crippen molar-refractivity contribution < 1.29 is 33.4 Å². The number of primary amides is 1. The Kier molecular flexibility index (Phi) is 14.0. The van der Waals surface area contributed by atoms with Crippen molar-refractivity contribution in [3.63, 3.8) is 0 Å². The molecule has 0 fully saturated rings. The number of nitrogens with two attached hydrogens (primary N) is 1. The smallest absolute Gasteiger partial charge is 0.408 e. The number of esters is 1. The molecule has 2 rings (SSSR count). The topological polar surface area (TPSA) is 157 Å². The van der Waals surface area contributed by atoms with Crippen LogP contribution in [0.1, 0.15) is 110 Å². The molecule has 49 heavy (non-hydrogen) atoms. The zero-order valence-electron chi connectivity index (χ0n) is 31.1. The van der Waals surface area contributed by atoms with Gasteiger partial charge in [-0.1, -0.05) is 55.5 Å². The van der Waals surface area contributed by atoms with E-state index in [4.69, 9.17) is 15.2 Å². The lowest BCUT2D eigenvalue weighted by Gasteiger charge is -2.45. The van der Waals surface area contributed by atoms with E-state index in [0.717, 1.165) is 16.7 Å². The van der Waals surface area contributed by atoms with E-state index in [2.05, 4.69) is 10.6 Å². The van der Waals surface area contributed by atoms with Crippen LogP contribution in [0, 0.1) is 13.8 Å². The van der Waals surface area contributed by atoms with E-state index in [1.165, 1.54) is 4.90 Å². The van der Waals surface area contributed by atoms with Gasteiger partial charge in [0.15, 0.2) is 0 Å². The van der Waals surface area contributed by atoms with Gasteiger partial charge in [0.1, 0.15) is 29.3 Å². The van der Waals surface area contributed by atoms with E-state index >= 15 is 0 Å². The maximum atomic E-state index is 14.8. The number of alkyl carbamates (subject to hydrolysis) is 1. The number of ether oxygens (including phenoxy) is 2. The van der Waals surface area contributed by atoms with Crippen molar-refractivity contribution in [3.8, 4) is 0 Å². The molecule has 270 valence electrons. The molecule has 0 saturated carbocycles. The van der Waals surface area contributed by atoms with E-state index in [-0.39, 0.29) is 19.3 Å². The summed E-state index contributed by atoms with van der Waals surface area (Å²) in [6.07, 6.45) is -0.621. The van der Waals surface area contributed by atoms with E-state index in [9.17, 15) is 24.0 Å². The summed E-state index contributed by atoms with van der Waals surface area (Å²) in [5.41, 5.74) is 6.00. The molecule has 2 aromatic rings. The predicted octanol–water partition coefficient (Wildman–Crippen LogP) is 5.59. The molecule has 0 saturated heterocycles. The molecular formula is C38H56N4O7. The van der Waals surface area contributed by atoms with Crippen molar-refractivity contribution in [2.75, 3.05) is 0 Å². The molecule has 0 radical (unpaired) electrons. The number of benzene rings is 2. The van der Waals surface area contributed by atoms with Gasteiger partial charge in [0.05, 0.1) is 0 Å². The van der Waals surface area contributed by atoms with Gasteiger partial charge in [-0.05, 0) is 104 Å². The summed E-state index contributed by atoms with van der Waals surface area (Å²) in [4.78, 5) is 69.4. The first kappa shape index (κ1) is 40.8. The van der Waals surface area contributed by atoms with Crippen LogP contribution in [0.25, 0.3) is 0 Å². The lowest BCUT2D eigenvalue weighted by atomic mass is 9.90. The van der Waals surface area contributed by atoms with E-state index in [1.807, 2.05) is 77.1 Å². The maximum absolute atomic E-state index is 14.8. The molecule has 0 aliphatic heterocycles. The molecule has 0 aromatic heterocycles. The molecule has 0 bridgehead atoms. The van der Waals surface area contributed by atoms with Gasteiger partial charge in [0.2, 0.25) is 17.7 Å². The van der Waals surface area contributed by atoms with Crippen LogP contribution in [-0.4, -0.2) is 63.5 Å². The predicted molar refractivity (Wildman–Crippen MR) is 189 cm³/mol. The molecule has 3 atom stereocenters. The van der Waals surface area contributed by atoms with Gasteiger partial charge in [-0.2, -0.15) is 0 Å². The van der Waals surface area contributed by atoms with Crippen LogP contribution in [0.15, 0.2) is 48.5 Å². The largest absolute Gasteiger partial charge is 0.458 e. The van der Waals surface area contributed by atoms with Gasteiger partial charge in [0.25, 0.3) is 0 Å². The highest BCUT2D eigenvalue weighted by molar-refractivity contribution is 5.94. The van der Waals surface area contributed by atoms with Gasteiger partial charge >= 0.3 is 12.1 Å². The fourth-order valence-electron chi connectivity index (χ4n) is 5.13. The van der Waals surface area contributed by atoms with Crippen LogP contribution in [0.5, 0.6) is 0 Å². The van der Waals surface area contributed by atoms with Crippen molar-refractivity contribution in [2.24, 2.45) is 5.73 Å². The van der Waals surface area contributed by atoms with E-state index in [1.54, 1.807) is 47.6 Å². The monoisotopic (exact) mass is 680 g/mol. The molecule has 11 heteroatoms. The highest BCUT2D eigenvalue weighted by Gasteiger charge is 2.44. The van der Waals surface area contributed by atoms with Gasteiger partial charge in [0, 0.05) is 18.4 Å². The van der Waals surface area contributed by atoms with E-state index in [0.29, 0.717) is 12.0 Å². The van der Waals surface area contributed by atoms with Crippen molar-refractivity contribution in [1.82, 2.24) is 15.5 Å². The summed E-state index contributed by atoms with van der Waals surface area (Å²) < 4.78 is 11.2. The molecule has 2 aromatic carbocycles. The summed E-state index contributed by atoms with van der Waals surface area (Å²) in [5.74, 6) is -2.51. The summed E-state index contributed by atoms with van der Waals surface area (Å²) in [7, 11) is 0. The second-order valence-electron chi connectivity index (χ2n) is 15.1. The number of hydrogen-bond donors (Lipinski definition) is 3. The Bertz CT molecular complexity index is 1480. The number of hydrogen-bond acceptors (Lipinski definition) is 7. The summed E-state index contributed by atoms with van der Waals surface area (Å²) in [6, 6.07) is 11.1. The van der Waals surface area contributed by atoms with Gasteiger partial charge in [-0.15, -0.1) is 0 Å². The number of amides is 4. The highest BCUT2D eigenvalue weighted by Crippen LogP contribution is 2.34. The minimum Gasteiger partial charge on any atom is -0.458 e. The van der Waals surface area contributed by atoms with Crippen molar-refractivity contribution in [1.29, 1.82) is 0 Å². The fourth-order valence-corrected chi connectivity index (χ4v) is 5.13. The first-order valence-electron chi connectivity index (χ1n) is 16.8. The molecule has 0 heterocycles. The second-order valence-corrected chi connectivity index (χ2v) is 15.1.